The zero-order valence-corrected chi connectivity index (χ0v) is 13.1. The number of halogens is 1. The van der Waals surface area contributed by atoms with Gasteiger partial charge < -0.3 is 10.2 Å². The Kier molecular flexibility index (Phi) is 4.94. The van der Waals surface area contributed by atoms with Gasteiger partial charge in [-0.2, -0.15) is 0 Å². The van der Waals surface area contributed by atoms with Crippen LogP contribution >= 0.6 is 11.6 Å². The molecule has 110 valence electrons. The van der Waals surface area contributed by atoms with Crippen LogP contribution in [0.1, 0.15) is 21.6 Å². The fourth-order valence-electron chi connectivity index (χ4n) is 2.07. The van der Waals surface area contributed by atoms with Crippen LogP contribution in [0.15, 0.2) is 36.4 Å². The molecule has 2 rings (SSSR count). The lowest BCUT2D eigenvalue weighted by atomic mass is 10.1. The van der Waals surface area contributed by atoms with Crippen molar-refractivity contribution < 1.29 is 4.79 Å². The summed E-state index contributed by atoms with van der Waals surface area (Å²) in [6.07, 6.45) is 0. The van der Waals surface area contributed by atoms with E-state index in [1.165, 1.54) is 0 Å². The lowest BCUT2D eigenvalue weighted by molar-refractivity contribution is 0.102. The third-order valence-corrected chi connectivity index (χ3v) is 3.06. The second-order valence-corrected chi connectivity index (χ2v) is 5.60. The number of amides is 1. The second kappa shape index (κ2) is 6.70. The molecule has 21 heavy (non-hydrogen) atoms. The number of hydrogen-bond donors (Lipinski definition) is 1. The minimum Gasteiger partial charge on any atom is -0.322 e. The molecule has 0 bridgehead atoms. The Morgan fingerprint density at radius 3 is 2.71 bits per heavy atom. The minimum atomic E-state index is -0.190. The van der Waals surface area contributed by atoms with E-state index in [0.717, 1.165) is 17.8 Å². The van der Waals surface area contributed by atoms with Gasteiger partial charge in [0.2, 0.25) is 0 Å². The molecule has 5 heteroatoms. The maximum atomic E-state index is 12.2. The van der Waals surface area contributed by atoms with Crippen molar-refractivity contribution >= 4 is 23.2 Å². The van der Waals surface area contributed by atoms with Crippen LogP contribution in [-0.4, -0.2) is 29.9 Å². The molecule has 4 nitrogen and oxygen atoms in total. The number of nitrogens with zero attached hydrogens (tertiary/aromatic N) is 2. The molecular weight excluding hydrogens is 286 g/mol. The van der Waals surface area contributed by atoms with E-state index in [2.05, 4.69) is 15.2 Å². The highest BCUT2D eigenvalue weighted by Gasteiger charge is 2.09. The summed E-state index contributed by atoms with van der Waals surface area (Å²) in [5.41, 5.74) is 3.13. The van der Waals surface area contributed by atoms with Gasteiger partial charge in [-0.3, -0.25) is 4.79 Å². The SMILES string of the molecule is Cc1cc(C(=O)Nc2cccc(CN(C)C)c2)cc(Cl)n1. The van der Waals surface area contributed by atoms with Gasteiger partial charge in [-0.05, 0) is 50.8 Å². The summed E-state index contributed by atoms with van der Waals surface area (Å²) in [6, 6.07) is 11.1. The van der Waals surface area contributed by atoms with Crippen LogP contribution in [-0.2, 0) is 6.54 Å². The van der Waals surface area contributed by atoms with Gasteiger partial charge >= 0.3 is 0 Å². The Morgan fingerprint density at radius 1 is 1.29 bits per heavy atom. The summed E-state index contributed by atoms with van der Waals surface area (Å²) in [5.74, 6) is -0.190. The number of benzene rings is 1. The number of nitrogens with one attached hydrogen (secondary N) is 1. The second-order valence-electron chi connectivity index (χ2n) is 5.21. The molecule has 0 fully saturated rings. The van der Waals surface area contributed by atoms with Crippen molar-refractivity contribution in [2.24, 2.45) is 0 Å². The van der Waals surface area contributed by atoms with Crippen LogP contribution < -0.4 is 5.32 Å². The van der Waals surface area contributed by atoms with Crippen LogP contribution in [0.5, 0.6) is 0 Å². The zero-order valence-electron chi connectivity index (χ0n) is 12.4. The van der Waals surface area contributed by atoms with E-state index in [0.29, 0.717) is 16.4 Å². The number of carbonyl (C=O) groups is 1. The van der Waals surface area contributed by atoms with Crippen LogP contribution in [0.3, 0.4) is 0 Å². The highest BCUT2D eigenvalue weighted by atomic mass is 35.5. The van der Waals surface area contributed by atoms with Gasteiger partial charge in [0.05, 0.1) is 0 Å². The first-order chi connectivity index (χ1) is 9.94. The first-order valence-corrected chi connectivity index (χ1v) is 7.01. The highest BCUT2D eigenvalue weighted by molar-refractivity contribution is 6.29. The molecule has 0 spiro atoms. The molecule has 0 aliphatic heterocycles. The van der Waals surface area contributed by atoms with Gasteiger partial charge in [-0.25, -0.2) is 4.98 Å². The Labute approximate surface area is 129 Å². The topological polar surface area (TPSA) is 45.2 Å². The summed E-state index contributed by atoms with van der Waals surface area (Å²) < 4.78 is 0. The lowest BCUT2D eigenvalue weighted by Crippen LogP contribution is -2.14. The zero-order chi connectivity index (χ0) is 15.4. The van der Waals surface area contributed by atoms with Gasteiger partial charge in [0.25, 0.3) is 5.91 Å². The normalized spacial score (nSPS) is 10.7. The molecule has 1 aromatic heterocycles. The van der Waals surface area contributed by atoms with E-state index in [9.17, 15) is 4.79 Å². The van der Waals surface area contributed by atoms with Crippen molar-refractivity contribution in [1.82, 2.24) is 9.88 Å². The molecule has 0 aliphatic carbocycles. The molecule has 0 saturated carbocycles. The third kappa shape index (κ3) is 4.55. The number of aryl methyl sites for hydroxylation is 1. The van der Waals surface area contributed by atoms with E-state index in [1.807, 2.05) is 38.4 Å². The van der Waals surface area contributed by atoms with Crippen LogP contribution in [0.4, 0.5) is 5.69 Å². The van der Waals surface area contributed by atoms with E-state index >= 15 is 0 Å². The van der Waals surface area contributed by atoms with E-state index in [-0.39, 0.29) is 5.91 Å². The highest BCUT2D eigenvalue weighted by Crippen LogP contribution is 2.15. The van der Waals surface area contributed by atoms with Crippen LogP contribution in [0.25, 0.3) is 0 Å². The molecule has 1 heterocycles. The molecule has 0 aliphatic rings. The Morgan fingerprint density at radius 2 is 2.05 bits per heavy atom. The minimum absolute atomic E-state index is 0.190. The lowest BCUT2D eigenvalue weighted by Gasteiger charge is -2.11. The first kappa shape index (κ1) is 15.5. The fraction of sp³-hybridized carbons (Fsp3) is 0.250. The summed E-state index contributed by atoms with van der Waals surface area (Å²) in [5, 5.41) is 3.20. The molecule has 0 radical (unpaired) electrons. The monoisotopic (exact) mass is 303 g/mol. The number of carbonyl (C=O) groups excluding carboxylic acids is 1. The van der Waals surface area contributed by atoms with Gasteiger partial charge in [0.1, 0.15) is 5.15 Å². The van der Waals surface area contributed by atoms with Crippen molar-refractivity contribution in [2.45, 2.75) is 13.5 Å². The number of pyridine rings is 1. The standard InChI is InChI=1S/C16H18ClN3O/c1-11-7-13(9-15(17)18-11)16(21)19-14-6-4-5-12(8-14)10-20(2)3/h4-9H,10H2,1-3H3,(H,19,21). The van der Waals surface area contributed by atoms with Crippen molar-refractivity contribution in [2.75, 3.05) is 19.4 Å². The predicted octanol–water partition coefficient (Wildman–Crippen LogP) is 3.36. The van der Waals surface area contributed by atoms with Gasteiger partial charge in [0.15, 0.2) is 0 Å². The maximum absolute atomic E-state index is 12.2. The summed E-state index contributed by atoms with van der Waals surface area (Å²) >= 11 is 5.88. The average molecular weight is 304 g/mol. The summed E-state index contributed by atoms with van der Waals surface area (Å²) in [4.78, 5) is 18.4. The smallest absolute Gasteiger partial charge is 0.255 e. The molecule has 1 N–H and O–H groups in total. The fourth-order valence-corrected chi connectivity index (χ4v) is 2.33. The van der Waals surface area contributed by atoms with Crippen molar-refractivity contribution in [3.8, 4) is 0 Å². The number of rotatable bonds is 4. The predicted molar refractivity (Wildman–Crippen MR) is 85.8 cm³/mol. The van der Waals surface area contributed by atoms with Gasteiger partial charge in [-0.15, -0.1) is 0 Å². The Balaban J connectivity index is 2.15. The molecule has 0 unspecified atom stereocenters. The van der Waals surface area contributed by atoms with Crippen molar-refractivity contribution in [3.63, 3.8) is 0 Å². The van der Waals surface area contributed by atoms with Crippen LogP contribution in [0, 0.1) is 6.92 Å². The van der Waals surface area contributed by atoms with E-state index in [4.69, 9.17) is 11.6 Å². The third-order valence-electron chi connectivity index (χ3n) is 2.87. The number of anilines is 1. The number of aromatic nitrogens is 1. The molecule has 1 aromatic carbocycles. The Hall–Kier alpha value is -1.91. The van der Waals surface area contributed by atoms with E-state index < -0.39 is 0 Å². The van der Waals surface area contributed by atoms with Crippen molar-refractivity contribution in [3.05, 3.63) is 58.4 Å². The summed E-state index contributed by atoms with van der Waals surface area (Å²) in [6.45, 7) is 2.63. The Bertz CT molecular complexity index is 635. The molecular formula is C16H18ClN3O. The van der Waals surface area contributed by atoms with Gasteiger partial charge in [-0.1, -0.05) is 23.7 Å². The average Bonchev–Trinajstić information content (AvgIpc) is 2.37. The first-order valence-electron chi connectivity index (χ1n) is 6.63. The van der Waals surface area contributed by atoms with Crippen LogP contribution in [0.2, 0.25) is 5.15 Å². The largest absolute Gasteiger partial charge is 0.322 e. The van der Waals surface area contributed by atoms with Gasteiger partial charge in [0, 0.05) is 23.5 Å². The van der Waals surface area contributed by atoms with Crippen molar-refractivity contribution in [1.29, 1.82) is 0 Å². The molecule has 2 aromatic rings. The molecule has 0 atom stereocenters. The maximum Gasteiger partial charge on any atom is 0.255 e. The number of hydrogen-bond acceptors (Lipinski definition) is 3. The molecule has 0 saturated heterocycles. The summed E-state index contributed by atoms with van der Waals surface area (Å²) in [7, 11) is 4.01. The quantitative estimate of drug-likeness (QED) is 0.881. The van der Waals surface area contributed by atoms with E-state index in [1.54, 1.807) is 19.1 Å². The molecule has 1 amide bonds.